The van der Waals surface area contributed by atoms with Crippen LogP contribution in [0, 0.1) is 5.92 Å². The van der Waals surface area contributed by atoms with Gasteiger partial charge in [0.15, 0.2) is 0 Å². The third-order valence-electron chi connectivity index (χ3n) is 6.29. The number of aromatic nitrogens is 1. The number of ether oxygens (including phenoxy) is 1. The molecule has 5 nitrogen and oxygen atoms in total. The highest BCUT2D eigenvalue weighted by Gasteiger charge is 2.50. The van der Waals surface area contributed by atoms with Crippen LogP contribution in [-0.4, -0.2) is 40.1 Å². The Kier molecular flexibility index (Phi) is 5.36. The fourth-order valence-electron chi connectivity index (χ4n) is 4.98. The number of rotatable bonds is 4. The smallest absolute Gasteiger partial charge is 0.259 e. The number of piperidine rings is 1. The number of nitrogens with zero attached hydrogens (tertiary/aromatic N) is 2. The summed E-state index contributed by atoms with van der Waals surface area (Å²) >= 11 is 0. The number of fused-ring (bicyclic) bond motifs is 1. The Labute approximate surface area is 166 Å². The standard InChI is InChI=1S/C23H28N2O3/c1-2-28-21-18(11-8-15-24-21)22(26)25-16-14-23(27,17-9-4-3-5-10-17)19-12-6-7-13-20(19)25/h3-5,8-11,15,19-20,27H,2,6-7,12-14,16H2,1H3/t19-,20?,23-/m1/s1. The SMILES string of the molecule is CCOc1ncccc1C(=O)N1CC[C@@](O)(c2ccccc2)[C@@H]2CCCCC21. The number of likely N-dealkylation sites (tertiary alicyclic amines) is 1. The second kappa shape index (κ2) is 7.92. The molecule has 1 aromatic heterocycles. The van der Waals surface area contributed by atoms with E-state index in [2.05, 4.69) is 4.98 Å². The molecule has 2 aliphatic rings. The average molecular weight is 380 g/mol. The fourth-order valence-corrected chi connectivity index (χ4v) is 4.98. The maximum absolute atomic E-state index is 13.4. The minimum absolute atomic E-state index is 0.0369. The quantitative estimate of drug-likeness (QED) is 0.877. The van der Waals surface area contributed by atoms with Crippen LogP contribution in [0.1, 0.15) is 54.9 Å². The molecule has 1 saturated carbocycles. The Morgan fingerprint density at radius 3 is 2.79 bits per heavy atom. The monoisotopic (exact) mass is 380 g/mol. The molecule has 4 rings (SSSR count). The summed E-state index contributed by atoms with van der Waals surface area (Å²) in [4.78, 5) is 19.6. The molecule has 1 saturated heterocycles. The third-order valence-corrected chi connectivity index (χ3v) is 6.29. The van der Waals surface area contributed by atoms with Crippen molar-refractivity contribution in [2.75, 3.05) is 13.2 Å². The lowest BCUT2D eigenvalue weighted by Crippen LogP contribution is -2.59. The second-order valence-corrected chi connectivity index (χ2v) is 7.79. The van der Waals surface area contributed by atoms with E-state index in [4.69, 9.17) is 4.74 Å². The summed E-state index contributed by atoms with van der Waals surface area (Å²) in [7, 11) is 0. The van der Waals surface area contributed by atoms with Crippen LogP contribution in [0.15, 0.2) is 48.7 Å². The number of pyridine rings is 1. The third kappa shape index (κ3) is 3.28. The van der Waals surface area contributed by atoms with Gasteiger partial charge >= 0.3 is 0 Å². The summed E-state index contributed by atoms with van der Waals surface area (Å²) < 4.78 is 5.59. The maximum Gasteiger partial charge on any atom is 0.259 e. The van der Waals surface area contributed by atoms with Gasteiger partial charge in [-0.3, -0.25) is 4.79 Å². The fraction of sp³-hybridized carbons (Fsp3) is 0.478. The van der Waals surface area contributed by atoms with Gasteiger partial charge in [0.05, 0.1) is 12.2 Å². The van der Waals surface area contributed by atoms with E-state index < -0.39 is 5.60 Å². The molecular formula is C23H28N2O3. The normalized spacial score (nSPS) is 27.1. The zero-order chi connectivity index (χ0) is 19.6. The van der Waals surface area contributed by atoms with Crippen molar-refractivity contribution in [1.29, 1.82) is 0 Å². The van der Waals surface area contributed by atoms with Crippen molar-refractivity contribution in [3.63, 3.8) is 0 Å². The van der Waals surface area contributed by atoms with Crippen LogP contribution in [-0.2, 0) is 5.60 Å². The first-order valence-corrected chi connectivity index (χ1v) is 10.3. The summed E-state index contributed by atoms with van der Waals surface area (Å²) in [6, 6.07) is 13.6. The lowest BCUT2D eigenvalue weighted by molar-refractivity contribution is -0.110. The summed E-state index contributed by atoms with van der Waals surface area (Å²) in [5.41, 5.74) is 0.607. The summed E-state index contributed by atoms with van der Waals surface area (Å²) in [6.45, 7) is 2.89. The van der Waals surface area contributed by atoms with E-state index >= 15 is 0 Å². The molecule has 0 bridgehead atoms. The van der Waals surface area contributed by atoms with Crippen molar-refractivity contribution in [2.24, 2.45) is 5.92 Å². The van der Waals surface area contributed by atoms with Crippen LogP contribution in [0.4, 0.5) is 0 Å². The molecular weight excluding hydrogens is 352 g/mol. The van der Waals surface area contributed by atoms with E-state index in [1.807, 2.05) is 42.2 Å². The Bertz CT molecular complexity index is 826. The van der Waals surface area contributed by atoms with Crippen LogP contribution in [0.3, 0.4) is 0 Å². The number of benzene rings is 1. The van der Waals surface area contributed by atoms with Crippen LogP contribution < -0.4 is 4.74 Å². The van der Waals surface area contributed by atoms with E-state index in [9.17, 15) is 9.90 Å². The number of amides is 1. The molecule has 0 spiro atoms. The molecule has 1 aromatic carbocycles. The Morgan fingerprint density at radius 1 is 1.21 bits per heavy atom. The van der Waals surface area contributed by atoms with Gasteiger partial charge in [-0.25, -0.2) is 4.98 Å². The Hall–Kier alpha value is -2.40. The molecule has 3 atom stereocenters. The number of hydrogen-bond acceptors (Lipinski definition) is 4. The number of hydrogen-bond donors (Lipinski definition) is 1. The minimum Gasteiger partial charge on any atom is -0.477 e. The summed E-state index contributed by atoms with van der Waals surface area (Å²) in [5, 5.41) is 11.7. The van der Waals surface area contributed by atoms with Gasteiger partial charge < -0.3 is 14.7 Å². The van der Waals surface area contributed by atoms with Gasteiger partial charge in [0.1, 0.15) is 5.56 Å². The van der Waals surface area contributed by atoms with Gasteiger partial charge in [-0.2, -0.15) is 0 Å². The first-order valence-electron chi connectivity index (χ1n) is 10.3. The highest BCUT2D eigenvalue weighted by Crippen LogP contribution is 2.47. The Balaban J connectivity index is 1.65. The van der Waals surface area contributed by atoms with E-state index in [1.165, 1.54) is 0 Å². The summed E-state index contributed by atoms with van der Waals surface area (Å²) in [6.07, 6.45) is 6.24. The highest BCUT2D eigenvalue weighted by molar-refractivity contribution is 5.96. The number of carbonyl (C=O) groups is 1. The Morgan fingerprint density at radius 2 is 2.00 bits per heavy atom. The molecule has 1 aliphatic carbocycles. The van der Waals surface area contributed by atoms with Gasteiger partial charge in [-0.1, -0.05) is 43.2 Å². The van der Waals surface area contributed by atoms with Crippen LogP contribution in [0.5, 0.6) is 5.88 Å². The van der Waals surface area contributed by atoms with Gasteiger partial charge in [0.2, 0.25) is 5.88 Å². The zero-order valence-electron chi connectivity index (χ0n) is 16.4. The van der Waals surface area contributed by atoms with Crippen molar-refractivity contribution < 1.29 is 14.6 Å². The first-order chi connectivity index (χ1) is 13.6. The van der Waals surface area contributed by atoms with E-state index in [-0.39, 0.29) is 17.9 Å². The van der Waals surface area contributed by atoms with Gasteiger partial charge in [0.25, 0.3) is 5.91 Å². The van der Waals surface area contributed by atoms with Crippen molar-refractivity contribution in [2.45, 2.75) is 50.7 Å². The molecule has 2 fully saturated rings. The zero-order valence-corrected chi connectivity index (χ0v) is 16.4. The van der Waals surface area contributed by atoms with Gasteiger partial charge in [-0.05, 0) is 43.9 Å². The van der Waals surface area contributed by atoms with Crippen LogP contribution >= 0.6 is 0 Å². The molecule has 2 heterocycles. The topological polar surface area (TPSA) is 62.7 Å². The molecule has 1 unspecified atom stereocenters. The second-order valence-electron chi connectivity index (χ2n) is 7.79. The molecule has 0 radical (unpaired) electrons. The van der Waals surface area contributed by atoms with E-state index in [0.717, 1.165) is 31.2 Å². The van der Waals surface area contributed by atoms with Crippen LogP contribution in [0.2, 0.25) is 0 Å². The molecule has 5 heteroatoms. The lowest BCUT2D eigenvalue weighted by atomic mass is 9.66. The predicted octanol–water partition coefficient (Wildman–Crippen LogP) is 3.77. The first kappa shape index (κ1) is 18.9. The van der Waals surface area contributed by atoms with Crippen molar-refractivity contribution in [3.8, 4) is 5.88 Å². The number of carbonyl (C=O) groups excluding carboxylic acids is 1. The van der Waals surface area contributed by atoms with Crippen molar-refractivity contribution >= 4 is 5.91 Å². The van der Waals surface area contributed by atoms with E-state index in [1.54, 1.807) is 18.3 Å². The van der Waals surface area contributed by atoms with Crippen LogP contribution in [0.25, 0.3) is 0 Å². The largest absolute Gasteiger partial charge is 0.477 e. The molecule has 2 aromatic rings. The average Bonchev–Trinajstić information content (AvgIpc) is 2.75. The van der Waals surface area contributed by atoms with Crippen molar-refractivity contribution in [3.05, 3.63) is 59.8 Å². The molecule has 1 aliphatic heterocycles. The highest BCUT2D eigenvalue weighted by atomic mass is 16.5. The summed E-state index contributed by atoms with van der Waals surface area (Å²) in [5.74, 6) is 0.406. The molecule has 1 amide bonds. The molecule has 1 N–H and O–H groups in total. The van der Waals surface area contributed by atoms with E-state index in [0.29, 0.717) is 31.0 Å². The molecule has 148 valence electrons. The number of aliphatic hydroxyl groups is 1. The van der Waals surface area contributed by atoms with Gasteiger partial charge in [0, 0.05) is 24.7 Å². The predicted molar refractivity (Wildman–Crippen MR) is 107 cm³/mol. The van der Waals surface area contributed by atoms with Gasteiger partial charge in [-0.15, -0.1) is 0 Å². The molecule has 28 heavy (non-hydrogen) atoms. The van der Waals surface area contributed by atoms with Crippen molar-refractivity contribution in [1.82, 2.24) is 9.88 Å². The lowest BCUT2D eigenvalue weighted by Gasteiger charge is -2.52. The maximum atomic E-state index is 13.4. The minimum atomic E-state index is -0.874.